The molecule has 0 radical (unpaired) electrons. The third-order valence-electron chi connectivity index (χ3n) is 2.86. The number of hydrogen-bond donors (Lipinski definition) is 1. The van der Waals surface area contributed by atoms with Crippen LogP contribution in [0.25, 0.3) is 11.0 Å². The molecule has 1 N–H and O–H groups in total. The van der Waals surface area contributed by atoms with Crippen molar-refractivity contribution in [1.82, 2.24) is 10.2 Å². The van der Waals surface area contributed by atoms with E-state index in [1.54, 1.807) is 18.2 Å². The smallest absolute Gasteiger partial charge is 0.233 e. The lowest BCUT2D eigenvalue weighted by Crippen LogP contribution is -2.03. The third-order valence-corrected chi connectivity index (χ3v) is 2.86. The molecule has 5 heteroatoms. The van der Waals surface area contributed by atoms with E-state index in [0.717, 1.165) is 11.0 Å². The van der Waals surface area contributed by atoms with E-state index in [1.165, 1.54) is 7.11 Å². The summed E-state index contributed by atoms with van der Waals surface area (Å²) in [5.74, 6) is 0.848. The van der Waals surface area contributed by atoms with Gasteiger partial charge >= 0.3 is 0 Å². The van der Waals surface area contributed by atoms with Gasteiger partial charge in [-0.15, -0.1) is 10.2 Å². The Morgan fingerprint density at radius 3 is 2.68 bits per heavy atom. The first-order chi connectivity index (χ1) is 9.28. The van der Waals surface area contributed by atoms with Crippen molar-refractivity contribution in [1.29, 1.82) is 0 Å². The largest absolute Gasteiger partial charge is 0.480 e. The maximum Gasteiger partial charge on any atom is 0.233 e. The molecule has 0 saturated heterocycles. The fourth-order valence-electron chi connectivity index (χ4n) is 1.87. The van der Waals surface area contributed by atoms with Crippen molar-refractivity contribution in [3.63, 3.8) is 0 Å². The highest BCUT2D eigenvalue weighted by atomic mass is 16.5. The van der Waals surface area contributed by atoms with Gasteiger partial charge in [-0.2, -0.15) is 0 Å². The van der Waals surface area contributed by atoms with E-state index < -0.39 is 6.10 Å². The van der Waals surface area contributed by atoms with Gasteiger partial charge in [-0.3, -0.25) is 0 Å². The van der Waals surface area contributed by atoms with E-state index in [0.29, 0.717) is 17.3 Å². The monoisotopic (exact) mass is 256 g/mol. The third kappa shape index (κ3) is 2.15. The highest BCUT2D eigenvalue weighted by molar-refractivity contribution is 5.77. The molecule has 0 spiro atoms. The molecular formula is C14H12N2O3. The molecule has 0 aliphatic heterocycles. The van der Waals surface area contributed by atoms with Crippen LogP contribution in [0, 0.1) is 0 Å². The molecule has 3 aromatic rings. The second kappa shape index (κ2) is 4.70. The van der Waals surface area contributed by atoms with E-state index in [4.69, 9.17) is 9.15 Å². The van der Waals surface area contributed by atoms with Crippen molar-refractivity contribution < 1.29 is 14.3 Å². The molecule has 2 aromatic heterocycles. The lowest BCUT2D eigenvalue weighted by atomic mass is 10.2. The maximum absolute atomic E-state index is 10.2. The quantitative estimate of drug-likeness (QED) is 0.778. The molecule has 0 aliphatic carbocycles. The summed E-state index contributed by atoms with van der Waals surface area (Å²) in [6.07, 6.45) is -0.939. The highest BCUT2D eigenvalue weighted by Crippen LogP contribution is 2.27. The zero-order chi connectivity index (χ0) is 13.2. The standard InChI is InChI=1S/C14H12N2O3/c1-18-13-7-6-10(15-16-13)14(17)12-8-9-4-2-3-5-11(9)19-12/h2-8,14,17H,1H3. The van der Waals surface area contributed by atoms with Crippen molar-refractivity contribution in [3.8, 4) is 5.88 Å². The lowest BCUT2D eigenvalue weighted by molar-refractivity contribution is 0.186. The number of aromatic nitrogens is 2. The van der Waals surface area contributed by atoms with Crippen LogP contribution in [0.2, 0.25) is 0 Å². The zero-order valence-corrected chi connectivity index (χ0v) is 10.3. The van der Waals surface area contributed by atoms with Gasteiger partial charge in [0.2, 0.25) is 5.88 Å². The number of rotatable bonds is 3. The van der Waals surface area contributed by atoms with Crippen molar-refractivity contribution in [2.24, 2.45) is 0 Å². The first-order valence-electron chi connectivity index (χ1n) is 5.82. The van der Waals surface area contributed by atoms with Gasteiger partial charge < -0.3 is 14.3 Å². The summed E-state index contributed by atoms with van der Waals surface area (Å²) >= 11 is 0. The van der Waals surface area contributed by atoms with Crippen molar-refractivity contribution in [3.05, 3.63) is 53.9 Å². The van der Waals surface area contributed by atoms with Crippen LogP contribution in [0.4, 0.5) is 0 Å². The molecule has 0 amide bonds. The van der Waals surface area contributed by atoms with Crippen molar-refractivity contribution in [2.75, 3.05) is 7.11 Å². The predicted molar refractivity (Wildman–Crippen MR) is 68.9 cm³/mol. The fourth-order valence-corrected chi connectivity index (χ4v) is 1.87. The molecule has 0 fully saturated rings. The molecule has 1 unspecified atom stereocenters. The SMILES string of the molecule is COc1ccc(C(O)c2cc3ccccc3o2)nn1. The molecular weight excluding hydrogens is 244 g/mol. The summed E-state index contributed by atoms with van der Waals surface area (Å²) < 4.78 is 10.5. The molecule has 0 aliphatic rings. The van der Waals surface area contributed by atoms with Gasteiger partial charge in [0.25, 0.3) is 0 Å². The topological polar surface area (TPSA) is 68.4 Å². The second-order valence-corrected chi connectivity index (χ2v) is 4.09. The minimum absolute atomic E-state index is 0.403. The molecule has 2 heterocycles. The highest BCUT2D eigenvalue weighted by Gasteiger charge is 2.17. The van der Waals surface area contributed by atoms with Gasteiger partial charge in [-0.25, -0.2) is 0 Å². The van der Waals surface area contributed by atoms with Crippen LogP contribution in [0.1, 0.15) is 17.6 Å². The first kappa shape index (κ1) is 11.7. The molecule has 3 rings (SSSR count). The van der Waals surface area contributed by atoms with Crippen LogP contribution >= 0.6 is 0 Å². The second-order valence-electron chi connectivity index (χ2n) is 4.09. The number of hydrogen-bond acceptors (Lipinski definition) is 5. The number of aliphatic hydroxyl groups excluding tert-OH is 1. The number of benzene rings is 1. The van der Waals surface area contributed by atoms with Crippen molar-refractivity contribution in [2.45, 2.75) is 6.10 Å². The van der Waals surface area contributed by atoms with E-state index in [2.05, 4.69) is 10.2 Å². The number of aliphatic hydroxyl groups is 1. The Morgan fingerprint density at radius 2 is 2.00 bits per heavy atom. The lowest BCUT2D eigenvalue weighted by Gasteiger charge is -2.06. The number of methoxy groups -OCH3 is 1. The predicted octanol–water partition coefficient (Wildman–Crippen LogP) is 2.31. The van der Waals surface area contributed by atoms with Gasteiger partial charge in [-0.1, -0.05) is 18.2 Å². The Labute approximate surface area is 109 Å². The van der Waals surface area contributed by atoms with Crippen LogP contribution in [0.3, 0.4) is 0 Å². The number of furan rings is 1. The van der Waals surface area contributed by atoms with Crippen molar-refractivity contribution >= 4 is 11.0 Å². The van der Waals surface area contributed by atoms with Crippen LogP contribution in [-0.4, -0.2) is 22.4 Å². The molecule has 96 valence electrons. The normalized spacial score (nSPS) is 12.5. The Hall–Kier alpha value is -2.40. The molecule has 1 aromatic carbocycles. The van der Waals surface area contributed by atoms with Crippen LogP contribution in [0.15, 0.2) is 46.9 Å². The molecule has 5 nitrogen and oxygen atoms in total. The summed E-state index contributed by atoms with van der Waals surface area (Å²) in [5, 5.41) is 18.9. The average molecular weight is 256 g/mol. The van der Waals surface area contributed by atoms with E-state index in [-0.39, 0.29) is 0 Å². The summed E-state index contributed by atoms with van der Waals surface area (Å²) in [6, 6.07) is 12.7. The van der Waals surface area contributed by atoms with Gasteiger partial charge in [0.05, 0.1) is 12.8 Å². The molecule has 1 atom stereocenters. The fraction of sp³-hybridized carbons (Fsp3) is 0.143. The Kier molecular flexibility index (Phi) is 2.89. The number of nitrogens with zero attached hydrogens (tertiary/aromatic N) is 2. The van der Waals surface area contributed by atoms with Crippen LogP contribution in [0.5, 0.6) is 5.88 Å². The Balaban J connectivity index is 1.95. The zero-order valence-electron chi connectivity index (χ0n) is 10.3. The summed E-state index contributed by atoms with van der Waals surface area (Å²) in [4.78, 5) is 0. The van der Waals surface area contributed by atoms with Crippen LogP contribution in [-0.2, 0) is 0 Å². The van der Waals surface area contributed by atoms with Gasteiger partial charge in [0, 0.05) is 11.5 Å². The number of fused-ring (bicyclic) bond motifs is 1. The van der Waals surface area contributed by atoms with Crippen LogP contribution < -0.4 is 4.74 Å². The molecule has 19 heavy (non-hydrogen) atoms. The first-order valence-corrected chi connectivity index (χ1v) is 5.82. The number of ether oxygens (including phenoxy) is 1. The van der Waals surface area contributed by atoms with E-state index >= 15 is 0 Å². The average Bonchev–Trinajstić information content (AvgIpc) is 2.90. The molecule has 0 saturated carbocycles. The van der Waals surface area contributed by atoms with Gasteiger partial charge in [0.15, 0.2) is 6.10 Å². The summed E-state index contributed by atoms with van der Waals surface area (Å²) in [6.45, 7) is 0. The van der Waals surface area contributed by atoms with E-state index in [9.17, 15) is 5.11 Å². The Morgan fingerprint density at radius 1 is 1.16 bits per heavy atom. The minimum atomic E-state index is -0.939. The summed E-state index contributed by atoms with van der Waals surface area (Å²) in [7, 11) is 1.51. The van der Waals surface area contributed by atoms with Gasteiger partial charge in [-0.05, 0) is 18.2 Å². The minimum Gasteiger partial charge on any atom is -0.480 e. The van der Waals surface area contributed by atoms with E-state index in [1.807, 2.05) is 24.3 Å². The Bertz CT molecular complexity index is 658. The van der Waals surface area contributed by atoms with Gasteiger partial charge in [0.1, 0.15) is 11.3 Å². The maximum atomic E-state index is 10.2. The summed E-state index contributed by atoms with van der Waals surface area (Å²) in [5.41, 5.74) is 1.15. The molecule has 0 bridgehead atoms. The number of para-hydroxylation sites is 1.